The Morgan fingerprint density at radius 2 is 1.86 bits per heavy atom. The van der Waals surface area contributed by atoms with Crippen molar-refractivity contribution in [3.63, 3.8) is 0 Å². The third-order valence-corrected chi connectivity index (χ3v) is 3.36. The lowest BCUT2D eigenvalue weighted by molar-refractivity contribution is -0.137. The maximum absolute atomic E-state index is 13.7. The fourth-order valence-corrected chi connectivity index (χ4v) is 2.06. The summed E-state index contributed by atoms with van der Waals surface area (Å²) in [5, 5.41) is 2.79. The van der Waals surface area contributed by atoms with Crippen LogP contribution in [0.3, 0.4) is 0 Å². The molecule has 0 aliphatic heterocycles. The van der Waals surface area contributed by atoms with E-state index in [0.29, 0.717) is 16.8 Å². The van der Waals surface area contributed by atoms with Gasteiger partial charge in [-0.1, -0.05) is 29.8 Å². The average molecular weight is 318 g/mol. The summed E-state index contributed by atoms with van der Waals surface area (Å²) < 4.78 is 51.7. The van der Waals surface area contributed by atoms with Crippen molar-refractivity contribution < 1.29 is 17.6 Å². The van der Waals surface area contributed by atoms with Crippen molar-refractivity contribution in [2.24, 2.45) is 0 Å². The van der Waals surface area contributed by atoms with Crippen molar-refractivity contribution in [1.82, 2.24) is 0 Å². The zero-order chi connectivity index (χ0) is 15.6. The van der Waals surface area contributed by atoms with Gasteiger partial charge < -0.3 is 5.32 Å². The fraction of sp³-hybridized carbons (Fsp3) is 0.200. The highest BCUT2D eigenvalue weighted by molar-refractivity contribution is 6.30. The summed E-state index contributed by atoms with van der Waals surface area (Å²) in [6.45, 7) is 1.73. The van der Waals surface area contributed by atoms with Gasteiger partial charge in [-0.2, -0.15) is 13.2 Å². The molecule has 0 aromatic heterocycles. The minimum atomic E-state index is -4.41. The highest BCUT2D eigenvalue weighted by Gasteiger charge is 2.30. The lowest BCUT2D eigenvalue weighted by Crippen LogP contribution is -2.08. The largest absolute Gasteiger partial charge is 0.416 e. The Hall–Kier alpha value is -1.75. The zero-order valence-electron chi connectivity index (χ0n) is 11.1. The lowest BCUT2D eigenvalue weighted by Gasteiger charge is -2.14. The van der Waals surface area contributed by atoms with Gasteiger partial charge in [0.1, 0.15) is 5.82 Å². The molecule has 0 aliphatic rings. The second kappa shape index (κ2) is 5.93. The molecule has 0 aliphatic carbocycles. The van der Waals surface area contributed by atoms with Gasteiger partial charge in [-0.15, -0.1) is 0 Å². The summed E-state index contributed by atoms with van der Waals surface area (Å²) >= 11 is 5.66. The third kappa shape index (κ3) is 3.67. The Morgan fingerprint density at radius 1 is 1.14 bits per heavy atom. The van der Waals surface area contributed by atoms with Gasteiger partial charge in [0.25, 0.3) is 0 Å². The molecule has 6 heteroatoms. The van der Waals surface area contributed by atoms with Crippen LogP contribution in [0.15, 0.2) is 36.4 Å². The molecule has 0 fully saturated rings. The molecule has 21 heavy (non-hydrogen) atoms. The van der Waals surface area contributed by atoms with E-state index in [-0.39, 0.29) is 11.6 Å². The zero-order valence-corrected chi connectivity index (χ0v) is 11.8. The van der Waals surface area contributed by atoms with E-state index in [4.69, 9.17) is 11.6 Å². The summed E-state index contributed by atoms with van der Waals surface area (Å²) in [4.78, 5) is 0. The lowest BCUT2D eigenvalue weighted by atomic mass is 10.1. The first-order valence-corrected chi connectivity index (χ1v) is 6.51. The first kappa shape index (κ1) is 15.6. The minimum absolute atomic E-state index is 0.0185. The van der Waals surface area contributed by atoms with Crippen molar-refractivity contribution in [2.75, 3.05) is 5.32 Å². The molecule has 0 spiro atoms. The van der Waals surface area contributed by atoms with Crippen LogP contribution in [0.1, 0.15) is 16.7 Å². The van der Waals surface area contributed by atoms with Gasteiger partial charge >= 0.3 is 6.18 Å². The van der Waals surface area contributed by atoms with Crippen LogP contribution in [0.25, 0.3) is 0 Å². The Morgan fingerprint density at radius 3 is 2.52 bits per heavy atom. The van der Waals surface area contributed by atoms with Gasteiger partial charge in [-0.3, -0.25) is 0 Å². The van der Waals surface area contributed by atoms with E-state index in [0.717, 1.165) is 12.1 Å². The molecule has 0 saturated heterocycles. The predicted molar refractivity (Wildman–Crippen MR) is 74.9 cm³/mol. The van der Waals surface area contributed by atoms with Crippen LogP contribution in [-0.2, 0) is 12.7 Å². The molecule has 0 amide bonds. The fourth-order valence-electron chi connectivity index (χ4n) is 1.86. The summed E-state index contributed by atoms with van der Waals surface area (Å²) in [7, 11) is 0. The monoisotopic (exact) mass is 317 g/mol. The Kier molecular flexibility index (Phi) is 4.42. The molecule has 2 aromatic carbocycles. The van der Waals surface area contributed by atoms with E-state index in [1.54, 1.807) is 13.0 Å². The van der Waals surface area contributed by atoms with Gasteiger partial charge in [-0.25, -0.2) is 4.39 Å². The number of anilines is 1. The maximum Gasteiger partial charge on any atom is 0.416 e. The standard InChI is InChI=1S/C15H12ClF4N/c1-9-5-6-11(15(18,19)20)7-13(9)21-8-10-3-2-4-12(16)14(10)17/h2-7,21H,8H2,1H3. The highest BCUT2D eigenvalue weighted by Crippen LogP contribution is 2.32. The third-order valence-electron chi connectivity index (χ3n) is 3.07. The molecule has 0 bridgehead atoms. The molecule has 2 rings (SSSR count). The summed E-state index contributed by atoms with van der Waals surface area (Å²) in [5.74, 6) is -0.573. The molecule has 0 unspecified atom stereocenters. The Balaban J connectivity index is 2.22. The number of rotatable bonds is 3. The Labute approximate surface area is 124 Å². The van der Waals surface area contributed by atoms with Gasteiger partial charge in [0.2, 0.25) is 0 Å². The molecule has 0 atom stereocenters. The van der Waals surface area contributed by atoms with E-state index in [2.05, 4.69) is 5.32 Å². The number of nitrogens with one attached hydrogen (secondary N) is 1. The van der Waals surface area contributed by atoms with Crippen LogP contribution in [-0.4, -0.2) is 0 Å². The van der Waals surface area contributed by atoms with Gasteiger partial charge in [0.15, 0.2) is 0 Å². The second-order valence-electron chi connectivity index (χ2n) is 4.59. The molecule has 1 nitrogen and oxygen atoms in total. The SMILES string of the molecule is Cc1ccc(C(F)(F)F)cc1NCc1cccc(Cl)c1F. The van der Waals surface area contributed by atoms with Crippen LogP contribution in [0, 0.1) is 12.7 Å². The number of alkyl halides is 3. The molecule has 0 heterocycles. The van der Waals surface area contributed by atoms with Crippen molar-refractivity contribution in [3.8, 4) is 0 Å². The van der Waals surface area contributed by atoms with Crippen molar-refractivity contribution in [1.29, 1.82) is 0 Å². The minimum Gasteiger partial charge on any atom is -0.381 e. The van der Waals surface area contributed by atoms with Crippen LogP contribution in [0.5, 0.6) is 0 Å². The van der Waals surface area contributed by atoms with Crippen molar-refractivity contribution in [2.45, 2.75) is 19.6 Å². The number of aryl methyl sites for hydroxylation is 1. The highest BCUT2D eigenvalue weighted by atomic mass is 35.5. The maximum atomic E-state index is 13.7. The molecule has 0 radical (unpaired) electrons. The average Bonchev–Trinajstić information content (AvgIpc) is 2.40. The normalized spacial score (nSPS) is 11.5. The molecule has 0 saturated carbocycles. The summed E-state index contributed by atoms with van der Waals surface area (Å²) in [6.07, 6.45) is -4.41. The Bertz CT molecular complexity index is 653. The first-order chi connectivity index (χ1) is 9.79. The van der Waals surface area contributed by atoms with Crippen LogP contribution >= 0.6 is 11.6 Å². The van der Waals surface area contributed by atoms with Crippen molar-refractivity contribution >= 4 is 17.3 Å². The number of hydrogen-bond acceptors (Lipinski definition) is 1. The second-order valence-corrected chi connectivity index (χ2v) is 5.00. The van der Waals surface area contributed by atoms with Crippen LogP contribution in [0.2, 0.25) is 5.02 Å². The van der Waals surface area contributed by atoms with E-state index in [1.165, 1.54) is 18.2 Å². The van der Waals surface area contributed by atoms with E-state index < -0.39 is 17.6 Å². The first-order valence-electron chi connectivity index (χ1n) is 6.13. The predicted octanol–water partition coefficient (Wildman–Crippen LogP) is 5.42. The smallest absolute Gasteiger partial charge is 0.381 e. The summed E-state index contributed by atoms with van der Waals surface area (Å²) in [5.41, 5.74) is 0.496. The molecular weight excluding hydrogens is 306 g/mol. The molecule has 1 N–H and O–H groups in total. The topological polar surface area (TPSA) is 12.0 Å². The van der Waals surface area contributed by atoms with Gasteiger partial charge in [0.05, 0.1) is 10.6 Å². The van der Waals surface area contributed by atoms with E-state index in [1.807, 2.05) is 0 Å². The van der Waals surface area contributed by atoms with Crippen LogP contribution < -0.4 is 5.32 Å². The van der Waals surface area contributed by atoms with Gasteiger partial charge in [-0.05, 0) is 30.7 Å². The quantitative estimate of drug-likeness (QED) is 0.745. The van der Waals surface area contributed by atoms with E-state index in [9.17, 15) is 17.6 Å². The molecule has 2 aromatic rings. The van der Waals surface area contributed by atoms with Crippen molar-refractivity contribution in [3.05, 3.63) is 63.9 Å². The van der Waals surface area contributed by atoms with Gasteiger partial charge in [0, 0.05) is 17.8 Å². The summed E-state index contributed by atoms with van der Waals surface area (Å²) in [6, 6.07) is 7.92. The number of benzene rings is 2. The molecule has 112 valence electrons. The molecular formula is C15H12ClF4N. The number of hydrogen-bond donors (Lipinski definition) is 1. The van der Waals surface area contributed by atoms with E-state index >= 15 is 0 Å². The van der Waals surface area contributed by atoms with Crippen LogP contribution in [0.4, 0.5) is 23.2 Å². The number of halogens is 5.